The van der Waals surface area contributed by atoms with E-state index in [2.05, 4.69) is 20.2 Å². The molecule has 0 aromatic carbocycles. The highest BCUT2D eigenvalue weighted by Crippen LogP contribution is 2.43. The van der Waals surface area contributed by atoms with Crippen molar-refractivity contribution in [3.63, 3.8) is 0 Å². The van der Waals surface area contributed by atoms with Crippen LogP contribution in [0.15, 0.2) is 36.9 Å². The molecule has 2 fully saturated rings. The number of piperidine rings is 2. The fraction of sp³-hybridized carbons (Fsp3) is 0.524. The second-order valence-electron chi connectivity index (χ2n) is 8.21. The number of rotatable bonds is 4. The van der Waals surface area contributed by atoms with E-state index in [0.717, 1.165) is 31.5 Å². The van der Waals surface area contributed by atoms with Crippen LogP contribution in [-0.4, -0.2) is 68.9 Å². The number of carbonyl (C=O) groups is 2. The van der Waals surface area contributed by atoms with Crippen LogP contribution in [0.4, 0.5) is 0 Å². The zero-order chi connectivity index (χ0) is 20.4. The van der Waals surface area contributed by atoms with Crippen LogP contribution in [0, 0.1) is 5.41 Å². The summed E-state index contributed by atoms with van der Waals surface area (Å²) in [7, 11) is 3.90. The van der Waals surface area contributed by atoms with Gasteiger partial charge in [0.05, 0.1) is 30.0 Å². The van der Waals surface area contributed by atoms with Gasteiger partial charge < -0.3 is 19.7 Å². The van der Waals surface area contributed by atoms with Gasteiger partial charge in [0, 0.05) is 32.5 Å². The number of aromatic nitrogens is 3. The zero-order valence-electron chi connectivity index (χ0n) is 17.0. The molecule has 2 saturated heterocycles. The van der Waals surface area contributed by atoms with Crippen molar-refractivity contribution >= 4 is 11.8 Å². The first-order chi connectivity index (χ1) is 14.0. The van der Waals surface area contributed by atoms with Crippen molar-refractivity contribution in [1.82, 2.24) is 29.7 Å². The van der Waals surface area contributed by atoms with Crippen LogP contribution in [0.5, 0.6) is 0 Å². The third-order valence-electron chi connectivity index (χ3n) is 6.25. The van der Waals surface area contributed by atoms with Gasteiger partial charge in [0.2, 0.25) is 5.91 Å². The fourth-order valence-corrected chi connectivity index (χ4v) is 4.67. The smallest absolute Gasteiger partial charge is 0.274 e. The molecule has 2 aromatic heterocycles. The Bertz CT molecular complexity index is 882. The van der Waals surface area contributed by atoms with E-state index in [-0.39, 0.29) is 17.9 Å². The van der Waals surface area contributed by atoms with Gasteiger partial charge in [0.15, 0.2) is 0 Å². The Morgan fingerprint density at radius 3 is 2.79 bits per heavy atom. The standard InChI is InChI=1S/C21H28N6O2/c1-25-11-8-21(20(29)23-12-16-6-3-4-9-22-16)7-5-10-27(18(21)14-25)19(28)17-13-26(2)15-24-17/h3-4,6,9,13,15,18H,5,7-8,10-12,14H2,1-2H3,(H,23,29)/t18-,21+/m0/s1. The van der Waals surface area contributed by atoms with Crippen molar-refractivity contribution in [3.8, 4) is 0 Å². The number of likely N-dealkylation sites (N-methyl/N-ethyl adjacent to an activating group) is 1. The van der Waals surface area contributed by atoms with E-state index in [1.807, 2.05) is 37.2 Å². The Morgan fingerprint density at radius 1 is 1.21 bits per heavy atom. The average molecular weight is 396 g/mol. The van der Waals surface area contributed by atoms with Crippen molar-refractivity contribution in [1.29, 1.82) is 0 Å². The van der Waals surface area contributed by atoms with Crippen LogP contribution in [0.1, 0.15) is 35.4 Å². The monoisotopic (exact) mass is 396 g/mol. The van der Waals surface area contributed by atoms with Gasteiger partial charge in [0.25, 0.3) is 5.91 Å². The minimum Gasteiger partial charge on any atom is -0.350 e. The molecule has 4 rings (SSSR count). The number of hydrogen-bond acceptors (Lipinski definition) is 5. The second kappa shape index (κ2) is 7.94. The molecule has 0 bridgehead atoms. The number of imidazole rings is 1. The van der Waals surface area contributed by atoms with Crippen molar-refractivity contribution in [2.75, 3.05) is 26.7 Å². The van der Waals surface area contributed by atoms with Crippen LogP contribution < -0.4 is 5.32 Å². The van der Waals surface area contributed by atoms with Crippen LogP contribution in [0.3, 0.4) is 0 Å². The minimum atomic E-state index is -0.565. The molecule has 2 atom stereocenters. The normalized spacial score (nSPS) is 24.8. The molecule has 8 nitrogen and oxygen atoms in total. The van der Waals surface area contributed by atoms with Crippen LogP contribution in [0.2, 0.25) is 0 Å². The summed E-state index contributed by atoms with van der Waals surface area (Å²) in [6.45, 7) is 2.59. The van der Waals surface area contributed by atoms with Gasteiger partial charge in [-0.05, 0) is 45.0 Å². The molecule has 0 spiro atoms. The molecule has 29 heavy (non-hydrogen) atoms. The Hall–Kier alpha value is -2.74. The highest BCUT2D eigenvalue weighted by Gasteiger charge is 2.53. The summed E-state index contributed by atoms with van der Waals surface area (Å²) in [6, 6.07) is 5.52. The van der Waals surface area contributed by atoms with Crippen molar-refractivity contribution < 1.29 is 9.59 Å². The maximum absolute atomic E-state index is 13.4. The molecule has 2 aliphatic heterocycles. The second-order valence-corrected chi connectivity index (χ2v) is 8.21. The van der Waals surface area contributed by atoms with Gasteiger partial charge in [-0.15, -0.1) is 0 Å². The van der Waals surface area contributed by atoms with E-state index in [1.54, 1.807) is 23.3 Å². The lowest BCUT2D eigenvalue weighted by atomic mass is 9.67. The Balaban J connectivity index is 1.57. The number of fused-ring (bicyclic) bond motifs is 1. The molecule has 1 N–H and O–H groups in total. The molecular weight excluding hydrogens is 368 g/mol. The quantitative estimate of drug-likeness (QED) is 0.836. The van der Waals surface area contributed by atoms with E-state index in [4.69, 9.17) is 0 Å². The lowest BCUT2D eigenvalue weighted by molar-refractivity contribution is -0.142. The molecule has 2 amide bonds. The number of amides is 2. The molecule has 0 saturated carbocycles. The highest BCUT2D eigenvalue weighted by molar-refractivity contribution is 5.93. The van der Waals surface area contributed by atoms with Crippen molar-refractivity contribution in [3.05, 3.63) is 48.3 Å². The lowest BCUT2D eigenvalue weighted by Crippen LogP contribution is -2.66. The molecular formula is C21H28N6O2. The van der Waals surface area contributed by atoms with E-state index in [9.17, 15) is 9.59 Å². The van der Waals surface area contributed by atoms with Gasteiger partial charge in [-0.3, -0.25) is 14.6 Å². The summed E-state index contributed by atoms with van der Waals surface area (Å²) < 4.78 is 1.77. The molecule has 0 unspecified atom stereocenters. The van der Waals surface area contributed by atoms with Crippen LogP contribution in [0.25, 0.3) is 0 Å². The number of hydrogen-bond donors (Lipinski definition) is 1. The predicted octanol–water partition coefficient (Wildman–Crippen LogP) is 1.06. The maximum Gasteiger partial charge on any atom is 0.274 e. The van der Waals surface area contributed by atoms with Gasteiger partial charge in [-0.2, -0.15) is 0 Å². The SMILES string of the molecule is CN1CC[C@]2(C(=O)NCc3ccccn3)CCCN(C(=O)c3cn(C)cn3)[C@H]2C1. The summed E-state index contributed by atoms with van der Waals surface area (Å²) in [5.41, 5.74) is 0.702. The van der Waals surface area contributed by atoms with Gasteiger partial charge in [-0.1, -0.05) is 6.07 Å². The predicted molar refractivity (Wildman–Crippen MR) is 108 cm³/mol. The summed E-state index contributed by atoms with van der Waals surface area (Å²) in [4.78, 5) is 39.3. The Labute approximate surface area is 170 Å². The minimum absolute atomic E-state index is 0.0276. The fourth-order valence-electron chi connectivity index (χ4n) is 4.67. The van der Waals surface area contributed by atoms with Gasteiger partial charge in [-0.25, -0.2) is 4.98 Å². The van der Waals surface area contributed by atoms with Gasteiger partial charge >= 0.3 is 0 Å². The van der Waals surface area contributed by atoms with E-state index in [1.165, 1.54) is 0 Å². The van der Waals surface area contributed by atoms with Crippen LogP contribution >= 0.6 is 0 Å². The summed E-state index contributed by atoms with van der Waals surface area (Å²) >= 11 is 0. The third-order valence-corrected chi connectivity index (χ3v) is 6.25. The number of pyridine rings is 1. The largest absolute Gasteiger partial charge is 0.350 e. The number of carbonyl (C=O) groups excluding carboxylic acids is 2. The van der Waals surface area contributed by atoms with E-state index < -0.39 is 5.41 Å². The molecule has 0 aliphatic carbocycles. The van der Waals surface area contributed by atoms with Crippen molar-refractivity contribution in [2.24, 2.45) is 12.5 Å². The number of likely N-dealkylation sites (tertiary alicyclic amines) is 2. The first-order valence-electron chi connectivity index (χ1n) is 10.2. The first kappa shape index (κ1) is 19.6. The topological polar surface area (TPSA) is 83.4 Å². The molecule has 2 aliphatic rings. The number of nitrogens with zero attached hydrogens (tertiary/aromatic N) is 5. The third kappa shape index (κ3) is 3.76. The molecule has 0 radical (unpaired) electrons. The number of aryl methyl sites for hydroxylation is 1. The van der Waals surface area contributed by atoms with Crippen molar-refractivity contribution in [2.45, 2.75) is 31.8 Å². The van der Waals surface area contributed by atoms with E-state index >= 15 is 0 Å². The molecule has 4 heterocycles. The highest BCUT2D eigenvalue weighted by atomic mass is 16.2. The summed E-state index contributed by atoms with van der Waals surface area (Å²) in [6.07, 6.45) is 7.46. The molecule has 154 valence electrons. The molecule has 8 heteroatoms. The van der Waals surface area contributed by atoms with Crippen LogP contribution in [-0.2, 0) is 18.4 Å². The van der Waals surface area contributed by atoms with Gasteiger partial charge in [0.1, 0.15) is 5.69 Å². The Morgan fingerprint density at radius 2 is 2.07 bits per heavy atom. The summed E-state index contributed by atoms with van der Waals surface area (Å²) in [5.74, 6) is -0.0627. The average Bonchev–Trinajstić information content (AvgIpc) is 3.18. The lowest BCUT2D eigenvalue weighted by Gasteiger charge is -2.53. The number of nitrogens with one attached hydrogen (secondary N) is 1. The maximum atomic E-state index is 13.4. The molecule has 2 aromatic rings. The first-order valence-corrected chi connectivity index (χ1v) is 10.2. The summed E-state index contributed by atoms with van der Waals surface area (Å²) in [5, 5.41) is 3.10. The zero-order valence-corrected chi connectivity index (χ0v) is 17.0. The van der Waals surface area contributed by atoms with E-state index in [0.29, 0.717) is 25.3 Å². The Kier molecular flexibility index (Phi) is 5.36.